The van der Waals surface area contributed by atoms with Crippen molar-refractivity contribution < 1.29 is 9.53 Å². The Labute approximate surface area is 148 Å². The van der Waals surface area contributed by atoms with Crippen molar-refractivity contribution in [1.29, 1.82) is 0 Å². The van der Waals surface area contributed by atoms with Crippen molar-refractivity contribution in [1.82, 2.24) is 14.4 Å². The van der Waals surface area contributed by atoms with Crippen LogP contribution >= 0.6 is 0 Å². The fourth-order valence-corrected chi connectivity index (χ4v) is 4.09. The van der Waals surface area contributed by atoms with Crippen molar-refractivity contribution in [3.8, 4) is 5.69 Å². The number of nitrogens with zero attached hydrogens (tertiary/aromatic N) is 3. The van der Waals surface area contributed by atoms with Crippen LogP contribution in [0.1, 0.15) is 23.2 Å². The molecule has 3 heterocycles. The van der Waals surface area contributed by atoms with Crippen molar-refractivity contribution in [3.05, 3.63) is 54.4 Å². The second kappa shape index (κ2) is 6.65. The first-order valence-electron chi connectivity index (χ1n) is 8.99. The van der Waals surface area contributed by atoms with E-state index in [0.717, 1.165) is 50.5 Å². The quantitative estimate of drug-likeness (QED) is 0.840. The second-order valence-corrected chi connectivity index (χ2v) is 7.07. The lowest BCUT2D eigenvalue weighted by Gasteiger charge is -2.50. The van der Waals surface area contributed by atoms with Gasteiger partial charge in [-0.05, 0) is 49.2 Å². The minimum Gasteiger partial charge on any atom is -0.383 e. The zero-order chi connectivity index (χ0) is 17.3. The van der Waals surface area contributed by atoms with Gasteiger partial charge in [0, 0.05) is 62.5 Å². The van der Waals surface area contributed by atoms with Crippen LogP contribution in [-0.4, -0.2) is 65.7 Å². The van der Waals surface area contributed by atoms with Gasteiger partial charge in [0.2, 0.25) is 0 Å². The lowest BCUT2D eigenvalue weighted by Crippen LogP contribution is -2.62. The average molecular weight is 339 g/mol. The summed E-state index contributed by atoms with van der Waals surface area (Å²) in [5.41, 5.74) is 2.04. The third-order valence-electron chi connectivity index (χ3n) is 5.72. The van der Waals surface area contributed by atoms with Crippen molar-refractivity contribution in [2.45, 2.75) is 18.4 Å². The molecule has 0 N–H and O–H groups in total. The third-order valence-corrected chi connectivity index (χ3v) is 5.72. The summed E-state index contributed by atoms with van der Waals surface area (Å²) in [7, 11) is 1.74. The van der Waals surface area contributed by atoms with E-state index < -0.39 is 0 Å². The highest BCUT2D eigenvalue weighted by Gasteiger charge is 2.49. The van der Waals surface area contributed by atoms with Gasteiger partial charge in [-0.1, -0.05) is 0 Å². The van der Waals surface area contributed by atoms with Gasteiger partial charge in [0.15, 0.2) is 0 Å². The predicted molar refractivity (Wildman–Crippen MR) is 97.1 cm³/mol. The molecule has 4 rings (SSSR count). The molecule has 5 nitrogen and oxygen atoms in total. The molecule has 1 unspecified atom stereocenters. The SMILES string of the molecule is COCCN1CCC12CCN(C(=O)c1ccc(-n3cccc3)cc1)C2. The fraction of sp³-hybridized carbons (Fsp3) is 0.450. The summed E-state index contributed by atoms with van der Waals surface area (Å²) in [5.74, 6) is 0.148. The molecule has 1 aromatic carbocycles. The molecular formula is C20H25N3O2. The van der Waals surface area contributed by atoms with Crippen molar-refractivity contribution in [2.75, 3.05) is 39.9 Å². The highest BCUT2D eigenvalue weighted by molar-refractivity contribution is 5.94. The van der Waals surface area contributed by atoms with Crippen LogP contribution in [0.15, 0.2) is 48.8 Å². The maximum absolute atomic E-state index is 12.9. The molecule has 0 saturated carbocycles. The summed E-state index contributed by atoms with van der Waals surface area (Å²) in [6.07, 6.45) is 6.27. The summed E-state index contributed by atoms with van der Waals surface area (Å²) in [6.45, 7) is 4.54. The number of aromatic nitrogens is 1. The predicted octanol–water partition coefficient (Wildman–Crippen LogP) is 2.41. The molecule has 0 aliphatic carbocycles. The number of carbonyl (C=O) groups excluding carboxylic acids is 1. The molecule has 1 aromatic heterocycles. The van der Waals surface area contributed by atoms with Gasteiger partial charge in [0.1, 0.15) is 0 Å². The van der Waals surface area contributed by atoms with E-state index in [2.05, 4.69) is 4.90 Å². The van der Waals surface area contributed by atoms with Crippen molar-refractivity contribution >= 4 is 5.91 Å². The summed E-state index contributed by atoms with van der Waals surface area (Å²) in [4.78, 5) is 17.4. The summed E-state index contributed by atoms with van der Waals surface area (Å²) in [6, 6.07) is 11.9. The normalized spacial score (nSPS) is 23.2. The molecule has 2 fully saturated rings. The maximum atomic E-state index is 12.9. The lowest BCUT2D eigenvalue weighted by molar-refractivity contribution is -0.0213. The molecular weight excluding hydrogens is 314 g/mol. The Kier molecular flexibility index (Phi) is 4.36. The van der Waals surface area contributed by atoms with Crippen LogP contribution in [0.2, 0.25) is 0 Å². The second-order valence-electron chi connectivity index (χ2n) is 7.07. The van der Waals surface area contributed by atoms with E-state index in [1.807, 2.05) is 58.3 Å². The molecule has 2 aromatic rings. The van der Waals surface area contributed by atoms with Crippen LogP contribution in [0, 0.1) is 0 Å². The molecule has 0 bridgehead atoms. The number of benzene rings is 1. The Balaban J connectivity index is 1.42. The van der Waals surface area contributed by atoms with Gasteiger partial charge in [-0.25, -0.2) is 0 Å². The monoisotopic (exact) mass is 339 g/mol. The Morgan fingerprint density at radius 3 is 2.48 bits per heavy atom. The largest absolute Gasteiger partial charge is 0.383 e. The van der Waals surface area contributed by atoms with Crippen LogP contribution in [0.25, 0.3) is 5.69 Å². The molecule has 2 aliphatic rings. The number of methoxy groups -OCH3 is 1. The maximum Gasteiger partial charge on any atom is 0.253 e. The Bertz CT molecular complexity index is 726. The zero-order valence-corrected chi connectivity index (χ0v) is 14.7. The Morgan fingerprint density at radius 1 is 1.12 bits per heavy atom. The first kappa shape index (κ1) is 16.4. The standard InChI is InChI=1S/C20H25N3O2/c1-25-15-14-23-13-9-20(23)8-12-22(16-20)19(24)17-4-6-18(7-5-17)21-10-2-3-11-21/h2-7,10-11H,8-9,12-16H2,1H3. The van der Waals surface area contributed by atoms with Crippen LogP contribution in [0.5, 0.6) is 0 Å². The highest BCUT2D eigenvalue weighted by Crippen LogP contribution is 2.39. The number of carbonyl (C=O) groups is 1. The molecule has 132 valence electrons. The van der Waals surface area contributed by atoms with Crippen LogP contribution in [0.3, 0.4) is 0 Å². The highest BCUT2D eigenvalue weighted by atomic mass is 16.5. The van der Waals surface area contributed by atoms with Gasteiger partial charge in [-0.15, -0.1) is 0 Å². The molecule has 2 saturated heterocycles. The minimum absolute atomic E-state index is 0.148. The van der Waals surface area contributed by atoms with E-state index in [0.29, 0.717) is 0 Å². The molecule has 5 heteroatoms. The lowest BCUT2D eigenvalue weighted by atomic mass is 9.84. The average Bonchev–Trinajstić information content (AvgIpc) is 3.32. The number of hydrogen-bond acceptors (Lipinski definition) is 3. The van der Waals surface area contributed by atoms with Gasteiger partial charge in [0.25, 0.3) is 5.91 Å². The summed E-state index contributed by atoms with van der Waals surface area (Å²) < 4.78 is 7.25. The fourth-order valence-electron chi connectivity index (χ4n) is 4.09. The smallest absolute Gasteiger partial charge is 0.253 e. The van der Waals surface area contributed by atoms with Crippen LogP contribution < -0.4 is 0 Å². The molecule has 25 heavy (non-hydrogen) atoms. The van der Waals surface area contributed by atoms with E-state index >= 15 is 0 Å². The van der Waals surface area contributed by atoms with Crippen molar-refractivity contribution in [3.63, 3.8) is 0 Å². The number of likely N-dealkylation sites (tertiary alicyclic amines) is 2. The third kappa shape index (κ3) is 2.98. The molecule has 0 radical (unpaired) electrons. The topological polar surface area (TPSA) is 37.7 Å². The van der Waals surface area contributed by atoms with Gasteiger partial charge in [-0.2, -0.15) is 0 Å². The van der Waals surface area contributed by atoms with Gasteiger partial charge in [0.05, 0.1) is 6.61 Å². The number of amides is 1. The van der Waals surface area contributed by atoms with Gasteiger partial charge < -0.3 is 14.2 Å². The zero-order valence-electron chi connectivity index (χ0n) is 14.7. The Hall–Kier alpha value is -2.11. The summed E-state index contributed by atoms with van der Waals surface area (Å²) >= 11 is 0. The molecule has 1 spiro atoms. The number of rotatable bonds is 5. The minimum atomic E-state index is 0.148. The Morgan fingerprint density at radius 2 is 1.84 bits per heavy atom. The van der Waals surface area contributed by atoms with Crippen LogP contribution in [0.4, 0.5) is 0 Å². The van der Waals surface area contributed by atoms with E-state index in [-0.39, 0.29) is 11.4 Å². The summed E-state index contributed by atoms with van der Waals surface area (Å²) in [5, 5.41) is 0. The number of ether oxygens (including phenoxy) is 1. The van der Waals surface area contributed by atoms with E-state index in [1.54, 1.807) is 7.11 Å². The van der Waals surface area contributed by atoms with Crippen LogP contribution in [-0.2, 0) is 4.74 Å². The van der Waals surface area contributed by atoms with E-state index in [1.165, 1.54) is 6.42 Å². The first-order valence-corrected chi connectivity index (χ1v) is 8.99. The molecule has 1 amide bonds. The number of hydrogen-bond donors (Lipinski definition) is 0. The van der Waals surface area contributed by atoms with Gasteiger partial charge in [-0.3, -0.25) is 9.69 Å². The van der Waals surface area contributed by atoms with Gasteiger partial charge >= 0.3 is 0 Å². The molecule has 1 atom stereocenters. The van der Waals surface area contributed by atoms with E-state index in [4.69, 9.17) is 4.74 Å². The van der Waals surface area contributed by atoms with Crippen molar-refractivity contribution in [2.24, 2.45) is 0 Å². The van der Waals surface area contributed by atoms with E-state index in [9.17, 15) is 4.79 Å². The first-order chi connectivity index (χ1) is 12.2. The molecule has 2 aliphatic heterocycles.